The minimum absolute atomic E-state index is 0.0431. The van der Waals surface area contributed by atoms with Crippen LogP contribution in [0.2, 0.25) is 0 Å². The zero-order chi connectivity index (χ0) is 14.0. The number of anilines is 2. The van der Waals surface area contributed by atoms with E-state index in [9.17, 15) is 8.78 Å². The molecular formula is C15H22F2N2. The fourth-order valence-corrected chi connectivity index (χ4v) is 3.00. The van der Waals surface area contributed by atoms with Crippen molar-refractivity contribution in [3.8, 4) is 0 Å². The van der Waals surface area contributed by atoms with Crippen molar-refractivity contribution in [2.24, 2.45) is 5.92 Å². The van der Waals surface area contributed by atoms with Gasteiger partial charge in [-0.1, -0.05) is 13.3 Å². The average molecular weight is 268 g/mol. The van der Waals surface area contributed by atoms with Crippen LogP contribution in [0.5, 0.6) is 0 Å². The van der Waals surface area contributed by atoms with Gasteiger partial charge in [-0.05, 0) is 37.7 Å². The van der Waals surface area contributed by atoms with Crippen LogP contribution in [0.4, 0.5) is 20.2 Å². The van der Waals surface area contributed by atoms with Gasteiger partial charge in [-0.3, -0.25) is 0 Å². The summed E-state index contributed by atoms with van der Waals surface area (Å²) in [4.78, 5) is 1.94. The molecule has 1 fully saturated rings. The van der Waals surface area contributed by atoms with E-state index in [1.165, 1.54) is 25.3 Å². The summed E-state index contributed by atoms with van der Waals surface area (Å²) in [5.74, 6) is -0.453. The molecule has 0 unspecified atom stereocenters. The largest absolute Gasteiger partial charge is 0.395 e. The van der Waals surface area contributed by atoms with Gasteiger partial charge in [0, 0.05) is 19.2 Å². The van der Waals surface area contributed by atoms with Crippen molar-refractivity contribution in [2.45, 2.75) is 45.1 Å². The first-order valence-corrected chi connectivity index (χ1v) is 7.00. The number of benzene rings is 1. The highest BCUT2D eigenvalue weighted by molar-refractivity contribution is 5.68. The first-order chi connectivity index (χ1) is 9.02. The number of halogens is 2. The Hall–Kier alpha value is -1.32. The Morgan fingerprint density at radius 3 is 2.42 bits per heavy atom. The Kier molecular flexibility index (Phi) is 4.27. The van der Waals surface area contributed by atoms with Gasteiger partial charge in [0.05, 0.1) is 11.4 Å². The summed E-state index contributed by atoms with van der Waals surface area (Å²) < 4.78 is 26.8. The molecule has 0 aliphatic heterocycles. The SMILES string of the molecule is CCC1CCC(N(C)c2cc(F)cc(F)c2N)CC1. The summed E-state index contributed by atoms with van der Waals surface area (Å²) in [5.41, 5.74) is 6.24. The fourth-order valence-electron chi connectivity index (χ4n) is 3.00. The highest BCUT2D eigenvalue weighted by Gasteiger charge is 2.25. The predicted octanol–water partition coefficient (Wildman–Crippen LogP) is 3.95. The second kappa shape index (κ2) is 5.76. The number of hydrogen-bond donors (Lipinski definition) is 1. The molecule has 1 aromatic rings. The molecule has 2 nitrogen and oxygen atoms in total. The highest BCUT2D eigenvalue weighted by Crippen LogP contribution is 2.34. The molecule has 0 radical (unpaired) electrons. The lowest BCUT2D eigenvalue weighted by molar-refractivity contribution is 0.313. The zero-order valence-electron chi connectivity index (χ0n) is 11.6. The van der Waals surface area contributed by atoms with Crippen LogP contribution in [0.3, 0.4) is 0 Å². The fraction of sp³-hybridized carbons (Fsp3) is 0.600. The van der Waals surface area contributed by atoms with Gasteiger partial charge in [0.15, 0.2) is 5.82 Å². The number of nitrogen functional groups attached to an aromatic ring is 1. The van der Waals surface area contributed by atoms with Crippen molar-refractivity contribution in [3.05, 3.63) is 23.8 Å². The van der Waals surface area contributed by atoms with Gasteiger partial charge in [0.25, 0.3) is 0 Å². The van der Waals surface area contributed by atoms with Gasteiger partial charge in [-0.25, -0.2) is 8.78 Å². The third kappa shape index (κ3) is 2.99. The maximum absolute atomic E-state index is 13.5. The summed E-state index contributed by atoms with van der Waals surface area (Å²) in [7, 11) is 1.88. The number of nitrogens with two attached hydrogens (primary N) is 1. The van der Waals surface area contributed by atoms with E-state index in [2.05, 4.69) is 6.92 Å². The van der Waals surface area contributed by atoms with Gasteiger partial charge in [0.1, 0.15) is 5.82 Å². The minimum atomic E-state index is -0.677. The third-order valence-electron chi connectivity index (χ3n) is 4.39. The normalized spacial score (nSPS) is 23.4. The van der Waals surface area contributed by atoms with Crippen molar-refractivity contribution >= 4 is 11.4 Å². The Morgan fingerprint density at radius 2 is 1.84 bits per heavy atom. The maximum atomic E-state index is 13.5. The van der Waals surface area contributed by atoms with E-state index in [1.807, 2.05) is 11.9 Å². The first-order valence-electron chi connectivity index (χ1n) is 7.00. The van der Waals surface area contributed by atoms with Crippen molar-refractivity contribution < 1.29 is 8.78 Å². The molecule has 0 spiro atoms. The van der Waals surface area contributed by atoms with Gasteiger partial charge in [0.2, 0.25) is 0 Å². The highest BCUT2D eigenvalue weighted by atomic mass is 19.1. The van der Waals surface area contributed by atoms with Crippen LogP contribution in [-0.4, -0.2) is 13.1 Å². The predicted molar refractivity (Wildman–Crippen MR) is 75.2 cm³/mol. The molecule has 0 saturated heterocycles. The maximum Gasteiger partial charge on any atom is 0.151 e. The Morgan fingerprint density at radius 1 is 1.21 bits per heavy atom. The second-order valence-corrected chi connectivity index (χ2v) is 5.51. The topological polar surface area (TPSA) is 29.3 Å². The quantitative estimate of drug-likeness (QED) is 0.841. The molecule has 19 heavy (non-hydrogen) atoms. The van der Waals surface area contributed by atoms with Crippen LogP contribution in [0, 0.1) is 17.6 Å². The van der Waals surface area contributed by atoms with Gasteiger partial charge < -0.3 is 10.6 Å². The van der Waals surface area contributed by atoms with E-state index in [-0.39, 0.29) is 5.69 Å². The average Bonchev–Trinajstić information content (AvgIpc) is 2.42. The molecule has 106 valence electrons. The molecule has 0 atom stereocenters. The van der Waals surface area contributed by atoms with E-state index >= 15 is 0 Å². The van der Waals surface area contributed by atoms with Gasteiger partial charge >= 0.3 is 0 Å². The summed E-state index contributed by atoms with van der Waals surface area (Å²) in [6.07, 6.45) is 5.71. The molecule has 1 aromatic carbocycles. The summed E-state index contributed by atoms with van der Waals surface area (Å²) >= 11 is 0. The molecule has 1 aliphatic carbocycles. The molecule has 0 amide bonds. The zero-order valence-corrected chi connectivity index (χ0v) is 11.6. The summed E-state index contributed by atoms with van der Waals surface area (Å²) in [6.45, 7) is 2.22. The van der Waals surface area contributed by atoms with Crippen LogP contribution < -0.4 is 10.6 Å². The molecule has 0 bridgehead atoms. The number of rotatable bonds is 3. The van der Waals surface area contributed by atoms with Crippen molar-refractivity contribution in [3.63, 3.8) is 0 Å². The third-order valence-corrected chi connectivity index (χ3v) is 4.39. The van der Waals surface area contributed by atoms with Crippen LogP contribution in [0.1, 0.15) is 39.0 Å². The van der Waals surface area contributed by atoms with Gasteiger partial charge in [-0.15, -0.1) is 0 Å². The van der Waals surface area contributed by atoms with Crippen molar-refractivity contribution in [1.82, 2.24) is 0 Å². The smallest absolute Gasteiger partial charge is 0.151 e. The lowest BCUT2D eigenvalue weighted by Crippen LogP contribution is -2.35. The minimum Gasteiger partial charge on any atom is -0.395 e. The lowest BCUT2D eigenvalue weighted by atomic mass is 9.84. The molecule has 2 rings (SSSR count). The van der Waals surface area contributed by atoms with E-state index in [4.69, 9.17) is 5.73 Å². The Balaban J connectivity index is 2.14. The number of hydrogen-bond acceptors (Lipinski definition) is 2. The van der Waals surface area contributed by atoms with Crippen LogP contribution in [0.15, 0.2) is 12.1 Å². The van der Waals surface area contributed by atoms with E-state index in [0.29, 0.717) is 11.7 Å². The standard InChI is InChI=1S/C15H22F2N2/c1-3-10-4-6-12(7-5-10)19(2)14-9-11(16)8-13(17)15(14)18/h8-10,12H,3-7,18H2,1-2H3. The molecule has 4 heteroatoms. The summed E-state index contributed by atoms with van der Waals surface area (Å²) in [5, 5.41) is 0. The van der Waals surface area contributed by atoms with Crippen LogP contribution >= 0.6 is 0 Å². The molecule has 2 N–H and O–H groups in total. The lowest BCUT2D eigenvalue weighted by Gasteiger charge is -2.36. The number of nitrogens with zero attached hydrogens (tertiary/aromatic N) is 1. The van der Waals surface area contributed by atoms with Crippen LogP contribution in [-0.2, 0) is 0 Å². The Bertz CT molecular complexity index is 440. The van der Waals surface area contributed by atoms with E-state index in [0.717, 1.165) is 24.8 Å². The van der Waals surface area contributed by atoms with Gasteiger partial charge in [-0.2, -0.15) is 0 Å². The molecule has 0 aromatic heterocycles. The molecule has 1 saturated carbocycles. The van der Waals surface area contributed by atoms with Crippen molar-refractivity contribution in [2.75, 3.05) is 17.7 Å². The monoisotopic (exact) mass is 268 g/mol. The van der Waals surface area contributed by atoms with Crippen molar-refractivity contribution in [1.29, 1.82) is 0 Å². The summed E-state index contributed by atoms with van der Waals surface area (Å²) in [6, 6.07) is 2.48. The Labute approximate surface area is 113 Å². The molecule has 1 aliphatic rings. The second-order valence-electron chi connectivity index (χ2n) is 5.51. The van der Waals surface area contributed by atoms with E-state index < -0.39 is 11.6 Å². The first kappa shape index (κ1) is 14.1. The molecular weight excluding hydrogens is 246 g/mol. The molecule has 0 heterocycles. The van der Waals surface area contributed by atoms with E-state index in [1.54, 1.807) is 0 Å². The van der Waals surface area contributed by atoms with Crippen LogP contribution in [0.25, 0.3) is 0 Å².